The Bertz CT molecular complexity index is 883. The van der Waals surface area contributed by atoms with E-state index in [4.69, 9.17) is 0 Å². The highest BCUT2D eigenvalue weighted by atomic mass is 19.2. The van der Waals surface area contributed by atoms with E-state index in [2.05, 4.69) is 5.32 Å². The molecule has 2 aromatic carbocycles. The third kappa shape index (κ3) is 3.64. The number of carbonyl (C=O) groups excluding carboxylic acids is 1. The van der Waals surface area contributed by atoms with Crippen LogP contribution in [0.2, 0.25) is 0 Å². The molecule has 1 heterocycles. The topological polar surface area (TPSA) is 35.6 Å². The minimum absolute atomic E-state index is 0.0650. The lowest BCUT2D eigenvalue weighted by Crippen LogP contribution is -2.50. The molecule has 3 rings (SSSR count). The van der Waals surface area contributed by atoms with Gasteiger partial charge in [-0.15, -0.1) is 0 Å². The van der Waals surface area contributed by atoms with E-state index in [9.17, 15) is 31.1 Å². The van der Waals surface area contributed by atoms with Crippen molar-refractivity contribution in [2.24, 2.45) is 0 Å². The van der Waals surface area contributed by atoms with E-state index in [-0.39, 0.29) is 31.9 Å². The fraction of sp³-hybridized carbons (Fsp3) is 0.235. The largest absolute Gasteiger partial charge is 0.366 e. The van der Waals surface area contributed by atoms with Crippen LogP contribution in [0.4, 0.5) is 42.5 Å². The van der Waals surface area contributed by atoms with Crippen LogP contribution in [-0.4, -0.2) is 37.1 Å². The van der Waals surface area contributed by atoms with Crippen LogP contribution in [0.3, 0.4) is 0 Å². The summed E-state index contributed by atoms with van der Waals surface area (Å²) in [7, 11) is 0. The van der Waals surface area contributed by atoms with Gasteiger partial charge in [-0.25, -0.2) is 31.1 Å². The van der Waals surface area contributed by atoms with Crippen molar-refractivity contribution in [3.8, 4) is 0 Å². The molecule has 0 saturated carbocycles. The van der Waals surface area contributed by atoms with Gasteiger partial charge in [0.05, 0.1) is 11.4 Å². The first-order valence-electron chi connectivity index (χ1n) is 7.87. The third-order valence-corrected chi connectivity index (χ3v) is 4.20. The van der Waals surface area contributed by atoms with Crippen molar-refractivity contribution in [1.82, 2.24) is 4.90 Å². The number of hydrogen-bond acceptors (Lipinski definition) is 2. The van der Waals surface area contributed by atoms with Gasteiger partial charge in [0.1, 0.15) is 0 Å². The molecule has 2 aromatic rings. The third-order valence-electron chi connectivity index (χ3n) is 4.20. The number of carbonyl (C=O) groups is 1. The molecule has 1 fully saturated rings. The van der Waals surface area contributed by atoms with Crippen molar-refractivity contribution in [2.75, 3.05) is 36.4 Å². The summed E-state index contributed by atoms with van der Waals surface area (Å²) in [6, 6.07) is 2.71. The number of nitrogens with zero attached hydrogens (tertiary/aromatic N) is 2. The molecule has 4 nitrogen and oxygen atoms in total. The SMILES string of the molecule is O=C(Nc1ccc(F)c(F)c1F)N1CCN(c2ccc(F)c(F)c2F)CC1. The molecule has 0 bridgehead atoms. The molecule has 27 heavy (non-hydrogen) atoms. The fourth-order valence-corrected chi connectivity index (χ4v) is 2.73. The minimum Gasteiger partial charge on any atom is -0.366 e. The average Bonchev–Trinajstić information content (AvgIpc) is 2.67. The van der Waals surface area contributed by atoms with Crippen molar-refractivity contribution >= 4 is 17.4 Å². The fourth-order valence-electron chi connectivity index (χ4n) is 2.73. The van der Waals surface area contributed by atoms with Gasteiger partial charge in [-0.1, -0.05) is 0 Å². The van der Waals surface area contributed by atoms with Gasteiger partial charge in [0.2, 0.25) is 0 Å². The molecule has 0 unspecified atom stereocenters. The van der Waals surface area contributed by atoms with Crippen LogP contribution in [0.5, 0.6) is 0 Å². The van der Waals surface area contributed by atoms with Crippen LogP contribution in [0, 0.1) is 34.9 Å². The van der Waals surface area contributed by atoms with Crippen LogP contribution < -0.4 is 10.2 Å². The molecule has 2 amide bonds. The lowest BCUT2D eigenvalue weighted by atomic mass is 10.2. The smallest absolute Gasteiger partial charge is 0.322 e. The number of nitrogens with one attached hydrogen (secondary N) is 1. The zero-order valence-electron chi connectivity index (χ0n) is 13.7. The van der Waals surface area contributed by atoms with Crippen molar-refractivity contribution in [3.05, 3.63) is 59.2 Å². The minimum atomic E-state index is -1.70. The van der Waals surface area contributed by atoms with Crippen LogP contribution in [0.25, 0.3) is 0 Å². The molecule has 0 spiro atoms. The van der Waals surface area contributed by atoms with Crippen LogP contribution >= 0.6 is 0 Å². The van der Waals surface area contributed by atoms with Crippen LogP contribution in [0.1, 0.15) is 0 Å². The van der Waals surface area contributed by atoms with Gasteiger partial charge in [0.15, 0.2) is 34.9 Å². The highest BCUT2D eigenvalue weighted by Crippen LogP contribution is 2.25. The second kappa shape index (κ2) is 7.37. The lowest BCUT2D eigenvalue weighted by Gasteiger charge is -2.36. The zero-order valence-corrected chi connectivity index (χ0v) is 13.7. The van der Waals surface area contributed by atoms with Crippen molar-refractivity contribution in [1.29, 1.82) is 0 Å². The van der Waals surface area contributed by atoms with E-state index in [0.717, 1.165) is 18.2 Å². The highest BCUT2D eigenvalue weighted by Gasteiger charge is 2.26. The maximum atomic E-state index is 13.8. The number of benzene rings is 2. The van der Waals surface area contributed by atoms with Crippen molar-refractivity contribution in [2.45, 2.75) is 0 Å². The normalized spacial score (nSPS) is 14.4. The van der Waals surface area contributed by atoms with Gasteiger partial charge in [0.25, 0.3) is 0 Å². The molecule has 144 valence electrons. The molecule has 10 heteroatoms. The number of amides is 2. The van der Waals surface area contributed by atoms with E-state index >= 15 is 0 Å². The Morgan fingerprint density at radius 3 is 1.93 bits per heavy atom. The number of urea groups is 1. The van der Waals surface area contributed by atoms with E-state index in [1.807, 2.05) is 0 Å². The Morgan fingerprint density at radius 2 is 1.30 bits per heavy atom. The molecule has 1 aliphatic rings. The average molecular weight is 389 g/mol. The summed E-state index contributed by atoms with van der Waals surface area (Å²) in [6.07, 6.45) is 0. The first-order chi connectivity index (χ1) is 12.8. The summed E-state index contributed by atoms with van der Waals surface area (Å²) in [4.78, 5) is 14.8. The summed E-state index contributed by atoms with van der Waals surface area (Å²) in [6.45, 7) is 0.344. The van der Waals surface area contributed by atoms with E-state index in [1.54, 1.807) is 0 Å². The number of anilines is 2. The van der Waals surface area contributed by atoms with Gasteiger partial charge in [-0.3, -0.25) is 0 Å². The highest BCUT2D eigenvalue weighted by molar-refractivity contribution is 5.89. The number of halogens is 6. The first kappa shape index (κ1) is 18.9. The molecule has 0 aliphatic carbocycles. The summed E-state index contributed by atoms with van der Waals surface area (Å²) < 4.78 is 80.0. The predicted octanol–water partition coefficient (Wildman–Crippen LogP) is 3.88. The Morgan fingerprint density at radius 1 is 0.741 bits per heavy atom. The van der Waals surface area contributed by atoms with E-state index in [0.29, 0.717) is 6.07 Å². The Labute approximate surface area is 150 Å². The molecule has 1 aliphatic heterocycles. The summed E-state index contributed by atoms with van der Waals surface area (Å²) >= 11 is 0. The molecule has 0 aromatic heterocycles. The Kier molecular flexibility index (Phi) is 5.15. The monoisotopic (exact) mass is 389 g/mol. The van der Waals surface area contributed by atoms with Crippen molar-refractivity contribution in [3.63, 3.8) is 0 Å². The van der Waals surface area contributed by atoms with Gasteiger partial charge < -0.3 is 15.1 Å². The number of piperazine rings is 1. The molecule has 0 radical (unpaired) electrons. The predicted molar refractivity (Wildman–Crippen MR) is 85.4 cm³/mol. The molecular formula is C17H13F6N3O. The van der Waals surface area contributed by atoms with E-state index in [1.165, 1.54) is 9.80 Å². The summed E-state index contributed by atoms with van der Waals surface area (Å²) in [5.74, 6) is -8.81. The van der Waals surface area contributed by atoms with Gasteiger partial charge in [-0.05, 0) is 24.3 Å². The van der Waals surface area contributed by atoms with Gasteiger partial charge in [0, 0.05) is 26.2 Å². The van der Waals surface area contributed by atoms with Crippen LogP contribution in [-0.2, 0) is 0 Å². The Balaban J connectivity index is 1.65. The summed E-state index contributed by atoms with van der Waals surface area (Å²) in [5, 5.41) is 2.13. The molecule has 0 atom stereocenters. The van der Waals surface area contributed by atoms with Crippen molar-refractivity contribution < 1.29 is 31.1 Å². The second-order valence-electron chi connectivity index (χ2n) is 5.82. The Hall–Kier alpha value is -2.91. The van der Waals surface area contributed by atoms with Crippen LogP contribution in [0.15, 0.2) is 24.3 Å². The molecule has 1 saturated heterocycles. The maximum absolute atomic E-state index is 13.8. The quantitative estimate of drug-likeness (QED) is 0.625. The maximum Gasteiger partial charge on any atom is 0.322 e. The van der Waals surface area contributed by atoms with Gasteiger partial charge >= 0.3 is 6.03 Å². The first-order valence-corrected chi connectivity index (χ1v) is 7.87. The standard InChI is InChI=1S/C17H13F6N3O/c18-9-1-3-11(15(22)13(9)20)24-17(27)26-7-5-25(6-8-26)12-4-2-10(19)14(21)16(12)23/h1-4H,5-8H2,(H,24,27). The van der Waals surface area contributed by atoms with Gasteiger partial charge in [-0.2, -0.15) is 0 Å². The summed E-state index contributed by atoms with van der Waals surface area (Å²) in [5.41, 5.74) is -0.659. The molecular weight excluding hydrogens is 376 g/mol. The zero-order chi connectivity index (χ0) is 19.7. The number of hydrogen-bond donors (Lipinski definition) is 1. The van der Waals surface area contributed by atoms with E-state index < -0.39 is 46.6 Å². The number of rotatable bonds is 2. The second-order valence-corrected chi connectivity index (χ2v) is 5.82. The lowest BCUT2D eigenvalue weighted by molar-refractivity contribution is 0.208. The molecule has 1 N–H and O–H groups in total.